The second-order valence-electron chi connectivity index (χ2n) is 5.43. The third kappa shape index (κ3) is 3.25. The number of hydrogen-bond donors (Lipinski definition) is 0. The van der Waals surface area contributed by atoms with Gasteiger partial charge in [0.15, 0.2) is 0 Å². The van der Waals surface area contributed by atoms with E-state index in [1.54, 1.807) is 36.0 Å². The second-order valence-corrected chi connectivity index (χ2v) is 5.43. The maximum Gasteiger partial charge on any atom is 0.223 e. The highest BCUT2D eigenvalue weighted by atomic mass is 16.2. The first-order valence-corrected chi connectivity index (χ1v) is 6.69. The Morgan fingerprint density at radius 1 is 1.21 bits per heavy atom. The number of carbonyl (C=O) groups is 2. The zero-order valence-corrected chi connectivity index (χ0v) is 12.2. The van der Waals surface area contributed by atoms with Crippen molar-refractivity contribution in [2.45, 2.75) is 58.0 Å². The van der Waals surface area contributed by atoms with Gasteiger partial charge in [-0.05, 0) is 38.8 Å². The lowest BCUT2D eigenvalue weighted by molar-refractivity contribution is -0.134. The quantitative estimate of drug-likeness (QED) is 0.783. The molecule has 0 heterocycles. The zero-order chi connectivity index (χ0) is 14.6. The van der Waals surface area contributed by atoms with Crippen LogP contribution in [0.15, 0.2) is 25.6 Å². The lowest BCUT2D eigenvalue weighted by atomic mass is 9.78. The third-order valence-electron chi connectivity index (χ3n) is 3.99. The van der Waals surface area contributed by atoms with Gasteiger partial charge in [-0.2, -0.15) is 0 Å². The SMILES string of the molecule is C=CN(C(C)=O)C1CCCC(C)(N(C=C)C(C)=O)C1. The first kappa shape index (κ1) is 15.5. The van der Waals surface area contributed by atoms with E-state index in [0.29, 0.717) is 0 Å². The summed E-state index contributed by atoms with van der Waals surface area (Å²) in [5.74, 6) is -0.0108. The van der Waals surface area contributed by atoms with Gasteiger partial charge in [0.25, 0.3) is 0 Å². The van der Waals surface area contributed by atoms with Crippen LogP contribution in [0.25, 0.3) is 0 Å². The van der Waals surface area contributed by atoms with Crippen molar-refractivity contribution < 1.29 is 9.59 Å². The van der Waals surface area contributed by atoms with E-state index in [1.165, 1.54) is 0 Å². The van der Waals surface area contributed by atoms with E-state index < -0.39 is 0 Å². The molecule has 1 aliphatic carbocycles. The summed E-state index contributed by atoms with van der Waals surface area (Å²) in [6.45, 7) is 12.6. The van der Waals surface area contributed by atoms with Crippen LogP contribution in [-0.4, -0.2) is 33.2 Å². The van der Waals surface area contributed by atoms with Crippen LogP contribution in [0, 0.1) is 0 Å². The third-order valence-corrected chi connectivity index (χ3v) is 3.99. The van der Waals surface area contributed by atoms with Crippen molar-refractivity contribution >= 4 is 11.8 Å². The Balaban J connectivity index is 2.94. The highest BCUT2D eigenvalue weighted by Gasteiger charge is 2.39. The molecule has 1 saturated carbocycles. The minimum atomic E-state index is -0.271. The second kappa shape index (κ2) is 6.04. The molecule has 4 heteroatoms. The van der Waals surface area contributed by atoms with Crippen molar-refractivity contribution in [2.24, 2.45) is 0 Å². The summed E-state index contributed by atoms with van der Waals surface area (Å²) in [5.41, 5.74) is -0.271. The topological polar surface area (TPSA) is 40.6 Å². The van der Waals surface area contributed by atoms with Gasteiger partial charge in [-0.1, -0.05) is 13.2 Å². The van der Waals surface area contributed by atoms with Crippen molar-refractivity contribution in [3.8, 4) is 0 Å². The highest BCUT2D eigenvalue weighted by molar-refractivity contribution is 5.76. The van der Waals surface area contributed by atoms with E-state index in [-0.39, 0.29) is 23.4 Å². The summed E-state index contributed by atoms with van der Waals surface area (Å²) in [7, 11) is 0. The summed E-state index contributed by atoms with van der Waals surface area (Å²) >= 11 is 0. The molecule has 0 aromatic carbocycles. The predicted molar refractivity (Wildman–Crippen MR) is 76.1 cm³/mol. The molecule has 0 radical (unpaired) electrons. The molecule has 0 N–H and O–H groups in total. The predicted octanol–water partition coefficient (Wildman–Crippen LogP) is 2.67. The Hall–Kier alpha value is -1.58. The first-order valence-electron chi connectivity index (χ1n) is 6.69. The summed E-state index contributed by atoms with van der Waals surface area (Å²) < 4.78 is 0. The standard InChI is InChI=1S/C15H24N2O2/c1-6-16(12(3)18)14-9-8-10-15(5,11-14)17(7-2)13(4)19/h6-7,14H,1-2,8-11H2,3-5H3. The van der Waals surface area contributed by atoms with E-state index in [0.717, 1.165) is 25.7 Å². The Kier molecular flexibility index (Phi) is 4.92. The van der Waals surface area contributed by atoms with Crippen LogP contribution < -0.4 is 0 Å². The molecule has 0 aliphatic heterocycles. The Morgan fingerprint density at radius 2 is 1.84 bits per heavy atom. The summed E-state index contributed by atoms with van der Waals surface area (Å²) in [6.07, 6.45) is 6.80. The molecule has 1 aliphatic rings. The van der Waals surface area contributed by atoms with Crippen LogP contribution in [-0.2, 0) is 9.59 Å². The molecule has 0 aromatic heterocycles. The van der Waals surface area contributed by atoms with Crippen molar-refractivity contribution in [1.82, 2.24) is 9.80 Å². The van der Waals surface area contributed by atoms with Gasteiger partial charge in [0.05, 0.1) is 0 Å². The van der Waals surface area contributed by atoms with E-state index >= 15 is 0 Å². The Labute approximate surface area is 115 Å². The molecule has 2 amide bonds. The maximum atomic E-state index is 11.7. The molecular formula is C15H24N2O2. The Bertz CT molecular complexity index is 392. The fourth-order valence-electron chi connectivity index (χ4n) is 3.15. The van der Waals surface area contributed by atoms with Gasteiger partial charge in [0.1, 0.15) is 0 Å². The number of amides is 2. The average Bonchev–Trinajstić information content (AvgIpc) is 2.29. The van der Waals surface area contributed by atoms with E-state index in [4.69, 9.17) is 0 Å². The van der Waals surface area contributed by atoms with Crippen LogP contribution in [0.4, 0.5) is 0 Å². The normalized spacial score (nSPS) is 26.4. The summed E-state index contributed by atoms with van der Waals surface area (Å²) in [4.78, 5) is 26.7. The molecule has 0 saturated heterocycles. The number of hydrogen-bond acceptors (Lipinski definition) is 2. The molecule has 2 atom stereocenters. The van der Waals surface area contributed by atoms with Gasteiger partial charge in [0.2, 0.25) is 11.8 Å². The van der Waals surface area contributed by atoms with Gasteiger partial charge < -0.3 is 9.80 Å². The lowest BCUT2D eigenvalue weighted by Gasteiger charge is -2.46. The van der Waals surface area contributed by atoms with Crippen LogP contribution in [0.5, 0.6) is 0 Å². The molecule has 0 bridgehead atoms. The van der Waals surface area contributed by atoms with Crippen molar-refractivity contribution in [1.29, 1.82) is 0 Å². The number of nitrogens with zero attached hydrogens (tertiary/aromatic N) is 2. The van der Waals surface area contributed by atoms with Crippen molar-refractivity contribution in [3.05, 3.63) is 25.6 Å². The molecule has 1 rings (SSSR count). The van der Waals surface area contributed by atoms with Gasteiger partial charge >= 0.3 is 0 Å². The lowest BCUT2D eigenvalue weighted by Crippen LogP contribution is -2.53. The number of carbonyl (C=O) groups excluding carboxylic acids is 2. The van der Waals surface area contributed by atoms with Gasteiger partial charge in [-0.3, -0.25) is 9.59 Å². The van der Waals surface area contributed by atoms with Gasteiger partial charge in [0, 0.05) is 31.6 Å². The summed E-state index contributed by atoms with van der Waals surface area (Å²) in [6, 6.07) is 0.107. The largest absolute Gasteiger partial charge is 0.317 e. The molecule has 0 aromatic rings. The van der Waals surface area contributed by atoms with Gasteiger partial charge in [-0.15, -0.1) is 0 Å². The van der Waals surface area contributed by atoms with Crippen LogP contribution in [0.1, 0.15) is 46.5 Å². The Morgan fingerprint density at radius 3 is 2.26 bits per heavy atom. The molecule has 4 nitrogen and oxygen atoms in total. The number of rotatable bonds is 4. The smallest absolute Gasteiger partial charge is 0.223 e. The average molecular weight is 264 g/mol. The van der Waals surface area contributed by atoms with Crippen LogP contribution in [0.2, 0.25) is 0 Å². The van der Waals surface area contributed by atoms with Crippen molar-refractivity contribution in [3.63, 3.8) is 0 Å². The molecular weight excluding hydrogens is 240 g/mol. The fourth-order valence-corrected chi connectivity index (χ4v) is 3.15. The zero-order valence-electron chi connectivity index (χ0n) is 12.2. The monoisotopic (exact) mass is 264 g/mol. The maximum absolute atomic E-state index is 11.7. The molecule has 1 fully saturated rings. The van der Waals surface area contributed by atoms with Crippen molar-refractivity contribution in [2.75, 3.05) is 0 Å². The first-order chi connectivity index (χ1) is 8.85. The van der Waals surface area contributed by atoms with E-state index in [9.17, 15) is 9.59 Å². The molecule has 2 unspecified atom stereocenters. The summed E-state index contributed by atoms with van der Waals surface area (Å²) in [5, 5.41) is 0. The van der Waals surface area contributed by atoms with Crippen LogP contribution in [0.3, 0.4) is 0 Å². The van der Waals surface area contributed by atoms with Crippen LogP contribution >= 0.6 is 0 Å². The highest BCUT2D eigenvalue weighted by Crippen LogP contribution is 2.36. The van der Waals surface area contributed by atoms with E-state index in [2.05, 4.69) is 20.1 Å². The minimum Gasteiger partial charge on any atom is -0.317 e. The molecule has 106 valence electrons. The molecule has 0 spiro atoms. The van der Waals surface area contributed by atoms with Gasteiger partial charge in [-0.25, -0.2) is 0 Å². The van der Waals surface area contributed by atoms with E-state index in [1.807, 2.05) is 0 Å². The fraction of sp³-hybridized carbons (Fsp3) is 0.600. The minimum absolute atomic E-state index is 0.00257. The molecule has 19 heavy (non-hydrogen) atoms.